The lowest BCUT2D eigenvalue weighted by atomic mass is 10.1. The average Bonchev–Trinajstić information content (AvgIpc) is 3.27. The summed E-state index contributed by atoms with van der Waals surface area (Å²) in [5.41, 5.74) is 1.55. The molecule has 8 heteroatoms. The number of carbonyl (C=O) groups is 1. The first-order valence-electron chi connectivity index (χ1n) is 7.65. The first kappa shape index (κ1) is 15.4. The van der Waals surface area contributed by atoms with E-state index in [-0.39, 0.29) is 5.69 Å². The molecule has 1 aromatic carbocycles. The normalized spacial score (nSPS) is 17.8. The van der Waals surface area contributed by atoms with Crippen molar-refractivity contribution in [2.24, 2.45) is 0 Å². The van der Waals surface area contributed by atoms with Crippen molar-refractivity contribution in [3.05, 3.63) is 40.3 Å². The molecule has 2 aromatic rings. The van der Waals surface area contributed by atoms with Gasteiger partial charge in [-0.2, -0.15) is 13.2 Å². The van der Waals surface area contributed by atoms with Crippen LogP contribution in [0.15, 0.2) is 29.6 Å². The Hall–Kier alpha value is -2.09. The molecule has 1 aliphatic heterocycles. The van der Waals surface area contributed by atoms with Gasteiger partial charge in [0.25, 0.3) is 5.91 Å². The number of thiazole rings is 1. The Bertz CT molecular complexity index is 785. The van der Waals surface area contributed by atoms with Gasteiger partial charge in [-0.15, -0.1) is 11.3 Å². The molecule has 0 N–H and O–H groups in total. The van der Waals surface area contributed by atoms with Crippen molar-refractivity contribution >= 4 is 28.6 Å². The topological polar surface area (TPSA) is 36.4 Å². The molecule has 1 aliphatic carbocycles. The number of amides is 1. The van der Waals surface area contributed by atoms with Gasteiger partial charge in [0.2, 0.25) is 0 Å². The number of benzene rings is 1. The predicted octanol–water partition coefficient (Wildman–Crippen LogP) is 3.79. The predicted molar refractivity (Wildman–Crippen MR) is 85.6 cm³/mol. The quantitative estimate of drug-likeness (QED) is 0.824. The summed E-state index contributed by atoms with van der Waals surface area (Å²) in [5.74, 6) is -0.482. The third-order valence-electron chi connectivity index (χ3n) is 4.25. The number of aromatic nitrogens is 1. The van der Waals surface area contributed by atoms with E-state index in [4.69, 9.17) is 0 Å². The molecule has 126 valence electrons. The van der Waals surface area contributed by atoms with Crippen molar-refractivity contribution in [2.75, 3.05) is 22.9 Å². The van der Waals surface area contributed by atoms with E-state index >= 15 is 0 Å². The van der Waals surface area contributed by atoms with Gasteiger partial charge in [0, 0.05) is 24.5 Å². The van der Waals surface area contributed by atoms with Crippen molar-refractivity contribution in [3.8, 4) is 0 Å². The van der Waals surface area contributed by atoms with E-state index in [2.05, 4.69) is 9.88 Å². The molecule has 24 heavy (non-hydrogen) atoms. The molecule has 1 aromatic heterocycles. The highest BCUT2D eigenvalue weighted by Crippen LogP contribution is 2.40. The molecular formula is C16H14F3N3OS. The maximum absolute atomic E-state index is 12.7. The van der Waals surface area contributed by atoms with Crippen LogP contribution in [0.2, 0.25) is 0 Å². The first-order chi connectivity index (χ1) is 11.4. The number of nitrogens with zero attached hydrogens (tertiary/aromatic N) is 3. The fourth-order valence-electron chi connectivity index (χ4n) is 3.00. The van der Waals surface area contributed by atoms with Crippen LogP contribution in [0, 0.1) is 0 Å². The molecule has 0 saturated heterocycles. The Kier molecular flexibility index (Phi) is 3.52. The number of para-hydroxylation sites is 2. The van der Waals surface area contributed by atoms with E-state index in [0.717, 1.165) is 24.2 Å². The maximum atomic E-state index is 12.7. The molecule has 2 heterocycles. The van der Waals surface area contributed by atoms with Crippen LogP contribution in [-0.2, 0) is 6.18 Å². The number of rotatable bonds is 2. The molecule has 0 unspecified atom stereocenters. The minimum Gasteiger partial charge on any atom is -0.365 e. The second-order valence-electron chi connectivity index (χ2n) is 5.91. The Morgan fingerprint density at radius 1 is 1.17 bits per heavy atom. The van der Waals surface area contributed by atoms with Crippen LogP contribution in [0.3, 0.4) is 0 Å². The third kappa shape index (κ3) is 2.64. The van der Waals surface area contributed by atoms with E-state index in [1.165, 1.54) is 10.3 Å². The van der Waals surface area contributed by atoms with Gasteiger partial charge in [-0.1, -0.05) is 12.1 Å². The molecule has 1 fully saturated rings. The lowest BCUT2D eigenvalue weighted by molar-refractivity contribution is -0.137. The molecular weight excluding hydrogens is 339 g/mol. The lowest BCUT2D eigenvalue weighted by Crippen LogP contribution is -2.45. The summed E-state index contributed by atoms with van der Waals surface area (Å²) in [5, 5.41) is 0.192. The Morgan fingerprint density at radius 2 is 1.88 bits per heavy atom. The van der Waals surface area contributed by atoms with Gasteiger partial charge < -0.3 is 9.80 Å². The zero-order valence-corrected chi connectivity index (χ0v) is 13.4. The standard InChI is InChI=1S/C16H14F3N3OS/c17-16(18,19)15-20-11(9-24-15)14(23)22-8-7-21(10-5-6-10)12-3-1-2-4-13(12)22/h1-4,9-10H,5-8H2. The summed E-state index contributed by atoms with van der Waals surface area (Å²) < 4.78 is 38.1. The minimum absolute atomic E-state index is 0.151. The molecule has 1 amide bonds. The molecule has 4 rings (SSSR count). The summed E-state index contributed by atoms with van der Waals surface area (Å²) in [4.78, 5) is 20.0. The number of fused-ring (bicyclic) bond motifs is 1. The first-order valence-corrected chi connectivity index (χ1v) is 8.53. The Labute approximate surface area is 140 Å². The van der Waals surface area contributed by atoms with Crippen molar-refractivity contribution in [3.63, 3.8) is 0 Å². The minimum atomic E-state index is -4.52. The van der Waals surface area contributed by atoms with E-state index in [1.807, 2.05) is 24.3 Å². The second-order valence-corrected chi connectivity index (χ2v) is 6.76. The number of hydrogen-bond donors (Lipinski definition) is 0. The number of anilines is 2. The average molecular weight is 353 g/mol. The van der Waals surface area contributed by atoms with E-state index in [9.17, 15) is 18.0 Å². The van der Waals surface area contributed by atoms with Crippen LogP contribution < -0.4 is 9.80 Å². The van der Waals surface area contributed by atoms with Crippen LogP contribution in [0.4, 0.5) is 24.5 Å². The number of carbonyl (C=O) groups excluding carboxylic acids is 1. The van der Waals surface area contributed by atoms with Crippen LogP contribution in [0.1, 0.15) is 28.3 Å². The molecule has 1 saturated carbocycles. The molecule has 0 spiro atoms. The third-order valence-corrected chi connectivity index (χ3v) is 5.13. The van der Waals surface area contributed by atoms with Crippen molar-refractivity contribution in [2.45, 2.75) is 25.1 Å². The highest BCUT2D eigenvalue weighted by atomic mass is 32.1. The van der Waals surface area contributed by atoms with Crippen molar-refractivity contribution in [1.29, 1.82) is 0 Å². The van der Waals surface area contributed by atoms with Gasteiger partial charge >= 0.3 is 6.18 Å². The van der Waals surface area contributed by atoms with E-state index < -0.39 is 17.1 Å². The summed E-state index contributed by atoms with van der Waals surface area (Å²) in [7, 11) is 0. The largest absolute Gasteiger partial charge is 0.443 e. The zero-order chi connectivity index (χ0) is 16.9. The van der Waals surface area contributed by atoms with Gasteiger partial charge in [0.05, 0.1) is 11.4 Å². The maximum Gasteiger partial charge on any atom is 0.443 e. The summed E-state index contributed by atoms with van der Waals surface area (Å²) in [6.07, 6.45) is -2.24. The number of alkyl halides is 3. The lowest BCUT2D eigenvalue weighted by Gasteiger charge is -2.37. The van der Waals surface area contributed by atoms with Gasteiger partial charge in [-0.05, 0) is 25.0 Å². The molecule has 0 radical (unpaired) electrons. The van der Waals surface area contributed by atoms with Crippen LogP contribution in [-0.4, -0.2) is 30.0 Å². The fourth-order valence-corrected chi connectivity index (χ4v) is 3.66. The van der Waals surface area contributed by atoms with E-state index in [1.54, 1.807) is 0 Å². The summed E-state index contributed by atoms with van der Waals surface area (Å²) >= 11 is 0.452. The highest BCUT2D eigenvalue weighted by molar-refractivity contribution is 7.10. The van der Waals surface area contributed by atoms with Gasteiger partial charge in [0.1, 0.15) is 5.69 Å². The van der Waals surface area contributed by atoms with E-state index in [0.29, 0.717) is 30.5 Å². The number of hydrogen-bond acceptors (Lipinski definition) is 4. The van der Waals surface area contributed by atoms with Gasteiger partial charge in [-0.3, -0.25) is 4.79 Å². The summed E-state index contributed by atoms with van der Waals surface area (Å²) in [6, 6.07) is 8.04. The van der Waals surface area contributed by atoms with Gasteiger partial charge in [-0.25, -0.2) is 4.98 Å². The molecule has 4 nitrogen and oxygen atoms in total. The fraction of sp³-hybridized carbons (Fsp3) is 0.375. The van der Waals surface area contributed by atoms with Crippen LogP contribution >= 0.6 is 11.3 Å². The monoisotopic (exact) mass is 353 g/mol. The smallest absolute Gasteiger partial charge is 0.365 e. The molecule has 0 bridgehead atoms. The number of halogens is 3. The Morgan fingerprint density at radius 3 is 2.50 bits per heavy atom. The second kappa shape index (κ2) is 5.47. The van der Waals surface area contributed by atoms with Gasteiger partial charge in [0.15, 0.2) is 5.01 Å². The van der Waals surface area contributed by atoms with Crippen molar-refractivity contribution in [1.82, 2.24) is 4.98 Å². The van der Waals surface area contributed by atoms with Crippen LogP contribution in [0.5, 0.6) is 0 Å². The highest BCUT2D eigenvalue weighted by Gasteiger charge is 2.38. The van der Waals surface area contributed by atoms with Crippen molar-refractivity contribution < 1.29 is 18.0 Å². The molecule has 0 atom stereocenters. The summed E-state index contributed by atoms with van der Waals surface area (Å²) in [6.45, 7) is 1.13. The van der Waals surface area contributed by atoms with Crippen LogP contribution in [0.25, 0.3) is 0 Å². The SMILES string of the molecule is O=C(c1csc(C(F)(F)F)n1)N1CCN(C2CC2)c2ccccc21. The Balaban J connectivity index is 1.65. The molecule has 2 aliphatic rings. The zero-order valence-electron chi connectivity index (χ0n) is 12.6.